The van der Waals surface area contributed by atoms with E-state index in [9.17, 15) is 4.79 Å². The number of nitrogens with zero attached hydrogens (tertiary/aromatic N) is 4. The van der Waals surface area contributed by atoms with Crippen molar-refractivity contribution in [3.8, 4) is 5.69 Å². The highest BCUT2D eigenvalue weighted by Crippen LogP contribution is 2.09. The van der Waals surface area contributed by atoms with E-state index >= 15 is 0 Å². The molecule has 0 aliphatic rings. The first-order valence-electron chi connectivity index (χ1n) is 9.96. The Morgan fingerprint density at radius 3 is 2.58 bits per heavy atom. The van der Waals surface area contributed by atoms with Crippen molar-refractivity contribution in [1.82, 2.24) is 30.7 Å². The standard InChI is InChI=1S/C22H27N7O.HI/c1-3-25-22(26-12-11-17-5-4-6-19(13-17)21(30)23-2)27-14-18-7-9-20(10-8-18)29-16-24-15-28-29;/h4-10,13,15-16H,3,11-12,14H2,1-2H3,(H,23,30)(H2,25,26,27);1H. The quantitative estimate of drug-likeness (QED) is 0.235. The number of halogens is 1. The van der Waals surface area contributed by atoms with Crippen molar-refractivity contribution in [3.05, 3.63) is 77.9 Å². The van der Waals surface area contributed by atoms with E-state index in [-0.39, 0.29) is 29.9 Å². The Labute approximate surface area is 199 Å². The zero-order valence-electron chi connectivity index (χ0n) is 17.7. The van der Waals surface area contributed by atoms with Gasteiger partial charge in [-0.2, -0.15) is 5.10 Å². The lowest BCUT2D eigenvalue weighted by atomic mass is 10.1. The zero-order valence-corrected chi connectivity index (χ0v) is 20.0. The fraction of sp³-hybridized carbons (Fsp3) is 0.273. The maximum absolute atomic E-state index is 11.8. The molecule has 164 valence electrons. The summed E-state index contributed by atoms with van der Waals surface area (Å²) in [7, 11) is 1.64. The van der Waals surface area contributed by atoms with E-state index in [0.717, 1.165) is 35.7 Å². The zero-order chi connectivity index (χ0) is 21.2. The number of aliphatic imine (C=N–C) groups is 1. The van der Waals surface area contributed by atoms with E-state index in [2.05, 4.69) is 31.0 Å². The number of carbonyl (C=O) groups is 1. The van der Waals surface area contributed by atoms with Gasteiger partial charge < -0.3 is 16.0 Å². The molecule has 0 fully saturated rings. The predicted molar refractivity (Wildman–Crippen MR) is 133 cm³/mol. The van der Waals surface area contributed by atoms with Crippen molar-refractivity contribution in [2.75, 3.05) is 20.1 Å². The van der Waals surface area contributed by atoms with Crippen molar-refractivity contribution in [3.63, 3.8) is 0 Å². The van der Waals surface area contributed by atoms with Gasteiger partial charge in [0.25, 0.3) is 5.91 Å². The van der Waals surface area contributed by atoms with Gasteiger partial charge in [0.1, 0.15) is 12.7 Å². The van der Waals surface area contributed by atoms with Crippen LogP contribution in [0, 0.1) is 0 Å². The number of guanidine groups is 1. The molecule has 9 heteroatoms. The van der Waals surface area contributed by atoms with Crippen LogP contribution in [0.3, 0.4) is 0 Å². The van der Waals surface area contributed by atoms with Gasteiger partial charge in [-0.15, -0.1) is 24.0 Å². The third-order valence-corrected chi connectivity index (χ3v) is 4.51. The van der Waals surface area contributed by atoms with E-state index in [1.165, 1.54) is 6.33 Å². The van der Waals surface area contributed by atoms with Crippen LogP contribution in [0.2, 0.25) is 0 Å². The number of amides is 1. The minimum absolute atomic E-state index is 0. The second-order valence-corrected chi connectivity index (χ2v) is 6.66. The van der Waals surface area contributed by atoms with Gasteiger partial charge >= 0.3 is 0 Å². The molecule has 0 atom stereocenters. The molecule has 0 spiro atoms. The molecule has 3 N–H and O–H groups in total. The summed E-state index contributed by atoms with van der Waals surface area (Å²) >= 11 is 0. The van der Waals surface area contributed by atoms with E-state index < -0.39 is 0 Å². The molecule has 3 rings (SSSR count). The lowest BCUT2D eigenvalue weighted by molar-refractivity contribution is 0.0963. The van der Waals surface area contributed by atoms with Crippen molar-refractivity contribution >= 4 is 35.8 Å². The largest absolute Gasteiger partial charge is 0.357 e. The number of aromatic nitrogens is 3. The van der Waals surface area contributed by atoms with E-state index in [0.29, 0.717) is 18.7 Å². The van der Waals surface area contributed by atoms with Gasteiger partial charge in [-0.1, -0.05) is 24.3 Å². The van der Waals surface area contributed by atoms with Crippen molar-refractivity contribution in [2.24, 2.45) is 4.99 Å². The fourth-order valence-corrected chi connectivity index (χ4v) is 2.95. The monoisotopic (exact) mass is 533 g/mol. The second-order valence-electron chi connectivity index (χ2n) is 6.66. The molecule has 0 aliphatic heterocycles. The molecule has 0 bridgehead atoms. The number of benzene rings is 2. The Bertz CT molecular complexity index is 972. The van der Waals surface area contributed by atoms with Gasteiger partial charge in [0.15, 0.2) is 5.96 Å². The maximum atomic E-state index is 11.8. The highest BCUT2D eigenvalue weighted by atomic mass is 127. The Balaban J connectivity index is 0.00000341. The summed E-state index contributed by atoms with van der Waals surface area (Å²) in [6, 6.07) is 15.7. The molecule has 3 aromatic rings. The molecule has 1 aromatic heterocycles. The SMILES string of the molecule is CCNC(=NCc1ccc(-n2cncn2)cc1)NCCc1cccc(C(=O)NC)c1.I. The molecule has 0 aliphatic carbocycles. The first-order valence-corrected chi connectivity index (χ1v) is 9.96. The number of nitrogens with one attached hydrogen (secondary N) is 3. The summed E-state index contributed by atoms with van der Waals surface area (Å²) in [6.07, 6.45) is 3.98. The second kappa shape index (κ2) is 12.7. The Kier molecular flexibility index (Phi) is 9.95. The Morgan fingerprint density at radius 1 is 1.10 bits per heavy atom. The van der Waals surface area contributed by atoms with Crippen LogP contribution in [0.15, 0.2) is 66.2 Å². The van der Waals surface area contributed by atoms with Crippen molar-refractivity contribution < 1.29 is 4.79 Å². The molecule has 1 heterocycles. The van der Waals surface area contributed by atoms with Crippen LogP contribution in [-0.4, -0.2) is 46.8 Å². The first-order chi connectivity index (χ1) is 14.7. The normalized spacial score (nSPS) is 10.8. The van der Waals surface area contributed by atoms with E-state index in [1.807, 2.05) is 55.5 Å². The van der Waals surface area contributed by atoms with Gasteiger partial charge in [-0.25, -0.2) is 14.7 Å². The fourth-order valence-electron chi connectivity index (χ4n) is 2.95. The van der Waals surface area contributed by atoms with E-state index in [4.69, 9.17) is 0 Å². The van der Waals surface area contributed by atoms with Gasteiger partial charge in [0, 0.05) is 25.7 Å². The molecule has 1 amide bonds. The van der Waals surface area contributed by atoms with Crippen LogP contribution in [-0.2, 0) is 13.0 Å². The number of carbonyl (C=O) groups excluding carboxylic acids is 1. The molecule has 2 aromatic carbocycles. The topological polar surface area (TPSA) is 96.2 Å². The molecule has 0 saturated carbocycles. The average molecular weight is 533 g/mol. The third kappa shape index (κ3) is 7.35. The highest BCUT2D eigenvalue weighted by Gasteiger charge is 2.04. The van der Waals surface area contributed by atoms with Crippen LogP contribution in [0.4, 0.5) is 0 Å². The van der Waals surface area contributed by atoms with Crippen LogP contribution in [0.1, 0.15) is 28.4 Å². The minimum Gasteiger partial charge on any atom is -0.357 e. The summed E-state index contributed by atoms with van der Waals surface area (Å²) in [6.45, 7) is 4.10. The van der Waals surface area contributed by atoms with Gasteiger partial charge in [-0.05, 0) is 48.7 Å². The summed E-state index contributed by atoms with van der Waals surface area (Å²) < 4.78 is 1.72. The molecule has 0 unspecified atom stereocenters. The highest BCUT2D eigenvalue weighted by molar-refractivity contribution is 14.0. The number of hydrogen-bond donors (Lipinski definition) is 3. The lowest BCUT2D eigenvalue weighted by Gasteiger charge is -2.12. The number of hydrogen-bond acceptors (Lipinski definition) is 4. The minimum atomic E-state index is -0.0745. The van der Waals surface area contributed by atoms with Crippen LogP contribution < -0.4 is 16.0 Å². The molecule has 8 nitrogen and oxygen atoms in total. The van der Waals surface area contributed by atoms with Crippen molar-refractivity contribution in [1.29, 1.82) is 0 Å². The average Bonchev–Trinajstić information content (AvgIpc) is 3.32. The summed E-state index contributed by atoms with van der Waals surface area (Å²) in [5, 5.41) is 13.4. The van der Waals surface area contributed by atoms with E-state index in [1.54, 1.807) is 18.1 Å². The molecular weight excluding hydrogens is 505 g/mol. The summed E-state index contributed by atoms with van der Waals surface area (Å²) in [5.41, 5.74) is 3.84. The Morgan fingerprint density at radius 2 is 1.90 bits per heavy atom. The third-order valence-electron chi connectivity index (χ3n) is 4.51. The number of rotatable bonds is 8. The molecule has 31 heavy (non-hydrogen) atoms. The predicted octanol–water partition coefficient (Wildman–Crippen LogP) is 2.54. The van der Waals surface area contributed by atoms with Gasteiger partial charge in [0.2, 0.25) is 0 Å². The van der Waals surface area contributed by atoms with Crippen LogP contribution in [0.25, 0.3) is 5.69 Å². The van der Waals surface area contributed by atoms with Crippen LogP contribution in [0.5, 0.6) is 0 Å². The van der Waals surface area contributed by atoms with Gasteiger partial charge in [0.05, 0.1) is 12.2 Å². The maximum Gasteiger partial charge on any atom is 0.251 e. The molecular formula is C22H28IN7O. The first kappa shape index (κ1) is 24.3. The summed E-state index contributed by atoms with van der Waals surface area (Å²) in [5.74, 6) is 0.690. The Hall–Kier alpha value is -2.95. The molecule has 0 radical (unpaired) electrons. The summed E-state index contributed by atoms with van der Waals surface area (Å²) in [4.78, 5) is 20.4. The molecule has 0 saturated heterocycles. The smallest absolute Gasteiger partial charge is 0.251 e. The lowest BCUT2D eigenvalue weighted by Crippen LogP contribution is -2.38. The van der Waals surface area contributed by atoms with Crippen molar-refractivity contribution in [2.45, 2.75) is 19.9 Å². The van der Waals surface area contributed by atoms with Crippen LogP contribution >= 0.6 is 24.0 Å². The van der Waals surface area contributed by atoms with Gasteiger partial charge in [-0.3, -0.25) is 4.79 Å².